The number of anilines is 1. The number of hydrogen-bond acceptors (Lipinski definition) is 4. The van der Waals surface area contributed by atoms with E-state index in [0.29, 0.717) is 22.0 Å². The van der Waals surface area contributed by atoms with Crippen LogP contribution in [0.5, 0.6) is 0 Å². The van der Waals surface area contributed by atoms with Crippen LogP contribution in [-0.2, 0) is 0 Å². The van der Waals surface area contributed by atoms with Gasteiger partial charge in [-0.2, -0.15) is 5.10 Å². The normalized spacial score (nSPS) is 11.4. The third-order valence-corrected chi connectivity index (χ3v) is 4.27. The van der Waals surface area contributed by atoms with E-state index >= 15 is 0 Å². The van der Waals surface area contributed by atoms with Gasteiger partial charge in [0.25, 0.3) is 0 Å². The minimum absolute atomic E-state index is 0.354. The summed E-state index contributed by atoms with van der Waals surface area (Å²) in [6, 6.07) is 15.1. The monoisotopic (exact) mass is 365 g/mol. The number of benzene rings is 2. The maximum atomic E-state index is 12.2. The molecular formula is C20H19N3O2S. The van der Waals surface area contributed by atoms with Crippen LogP contribution < -0.4 is 16.4 Å². The molecule has 0 bridgehead atoms. The molecule has 0 saturated carbocycles. The predicted octanol–water partition coefficient (Wildman–Crippen LogP) is 4.12. The van der Waals surface area contributed by atoms with Crippen molar-refractivity contribution in [3.05, 3.63) is 75.6 Å². The molecule has 0 radical (unpaired) electrons. The van der Waals surface area contributed by atoms with Crippen molar-refractivity contribution in [3.8, 4) is 0 Å². The summed E-state index contributed by atoms with van der Waals surface area (Å²) in [5, 5.41) is 8.56. The molecule has 2 N–H and O–H groups in total. The van der Waals surface area contributed by atoms with E-state index in [1.165, 1.54) is 0 Å². The molecule has 0 fully saturated rings. The van der Waals surface area contributed by atoms with Gasteiger partial charge in [-0.05, 0) is 56.2 Å². The lowest BCUT2D eigenvalue weighted by molar-refractivity contribution is 0.559. The SMILES string of the molecule is C/C(=N/NC(=S)Nc1c(C)cccc1C)c1cc2ccccc2oc1=O. The number of nitrogens with zero attached hydrogens (tertiary/aromatic N) is 1. The largest absolute Gasteiger partial charge is 0.422 e. The Labute approximate surface area is 156 Å². The van der Waals surface area contributed by atoms with Gasteiger partial charge in [-0.15, -0.1) is 0 Å². The summed E-state index contributed by atoms with van der Waals surface area (Å²) in [4.78, 5) is 12.2. The summed E-state index contributed by atoms with van der Waals surface area (Å²) in [5.41, 5.74) is 6.92. The van der Waals surface area contributed by atoms with Crippen LogP contribution in [0.3, 0.4) is 0 Å². The number of thiocarbonyl (C=S) groups is 1. The lowest BCUT2D eigenvalue weighted by atomic mass is 10.1. The quantitative estimate of drug-likeness (QED) is 0.316. The highest BCUT2D eigenvalue weighted by atomic mass is 32.1. The molecule has 0 amide bonds. The highest BCUT2D eigenvalue weighted by Crippen LogP contribution is 2.19. The molecule has 0 saturated heterocycles. The van der Waals surface area contributed by atoms with Crippen LogP contribution in [0.1, 0.15) is 23.6 Å². The first-order valence-corrected chi connectivity index (χ1v) is 8.57. The van der Waals surface area contributed by atoms with E-state index in [0.717, 1.165) is 22.2 Å². The van der Waals surface area contributed by atoms with E-state index in [2.05, 4.69) is 15.8 Å². The molecule has 0 aliphatic carbocycles. The standard InChI is InChI=1S/C20H19N3O2S/c1-12-7-6-8-13(2)18(12)21-20(26)23-22-14(3)16-11-15-9-4-5-10-17(15)25-19(16)24/h4-11H,1-3H3,(H2,21,23,26)/b22-14-. The third-order valence-electron chi connectivity index (χ3n) is 4.08. The van der Waals surface area contributed by atoms with E-state index in [4.69, 9.17) is 16.6 Å². The molecule has 0 unspecified atom stereocenters. The molecule has 0 atom stereocenters. The summed E-state index contributed by atoms with van der Waals surface area (Å²) in [7, 11) is 0. The van der Waals surface area contributed by atoms with Crippen LogP contribution in [0.25, 0.3) is 11.0 Å². The van der Waals surface area contributed by atoms with Crippen LogP contribution >= 0.6 is 12.2 Å². The Balaban J connectivity index is 1.79. The Kier molecular flexibility index (Phi) is 5.14. The van der Waals surface area contributed by atoms with Gasteiger partial charge in [0.1, 0.15) is 5.58 Å². The Bertz CT molecular complexity index is 1050. The van der Waals surface area contributed by atoms with Gasteiger partial charge in [-0.25, -0.2) is 4.79 Å². The topological polar surface area (TPSA) is 66.6 Å². The van der Waals surface area contributed by atoms with Crippen LogP contribution in [-0.4, -0.2) is 10.8 Å². The van der Waals surface area contributed by atoms with Gasteiger partial charge in [0.2, 0.25) is 0 Å². The molecule has 0 aliphatic rings. The number of hydrogen-bond donors (Lipinski definition) is 2. The molecule has 132 valence electrons. The van der Waals surface area contributed by atoms with Crippen LogP contribution in [0.15, 0.2) is 62.8 Å². The smallest absolute Gasteiger partial charge is 0.345 e. The van der Waals surface area contributed by atoms with Crippen molar-refractivity contribution in [3.63, 3.8) is 0 Å². The van der Waals surface area contributed by atoms with E-state index in [-0.39, 0.29) is 0 Å². The minimum Gasteiger partial charge on any atom is -0.422 e. The predicted molar refractivity (Wildman–Crippen MR) is 110 cm³/mol. The van der Waals surface area contributed by atoms with Gasteiger partial charge < -0.3 is 9.73 Å². The van der Waals surface area contributed by atoms with Crippen molar-refractivity contribution < 1.29 is 4.42 Å². The summed E-state index contributed by atoms with van der Waals surface area (Å²) in [5.74, 6) is 0. The van der Waals surface area contributed by atoms with E-state index in [9.17, 15) is 4.79 Å². The fourth-order valence-electron chi connectivity index (χ4n) is 2.66. The van der Waals surface area contributed by atoms with Gasteiger partial charge in [0.15, 0.2) is 5.11 Å². The van der Waals surface area contributed by atoms with Gasteiger partial charge in [0.05, 0.1) is 11.3 Å². The molecule has 26 heavy (non-hydrogen) atoms. The number of hydrazone groups is 1. The van der Waals surface area contributed by atoms with E-state index < -0.39 is 5.63 Å². The molecule has 6 heteroatoms. The maximum absolute atomic E-state index is 12.2. The average molecular weight is 365 g/mol. The summed E-state index contributed by atoms with van der Waals surface area (Å²) < 4.78 is 5.34. The molecule has 0 aliphatic heterocycles. The second-order valence-electron chi connectivity index (χ2n) is 6.02. The maximum Gasteiger partial charge on any atom is 0.345 e. The fourth-order valence-corrected chi connectivity index (χ4v) is 2.81. The molecule has 5 nitrogen and oxygen atoms in total. The molecule has 1 heterocycles. The highest BCUT2D eigenvalue weighted by Gasteiger charge is 2.09. The number of fused-ring (bicyclic) bond motifs is 1. The zero-order valence-corrected chi connectivity index (χ0v) is 15.6. The molecular weight excluding hydrogens is 346 g/mol. The zero-order chi connectivity index (χ0) is 18.7. The third kappa shape index (κ3) is 3.81. The van der Waals surface area contributed by atoms with Crippen molar-refractivity contribution in [1.29, 1.82) is 0 Å². The fraction of sp³-hybridized carbons (Fsp3) is 0.150. The summed E-state index contributed by atoms with van der Waals surface area (Å²) in [6.07, 6.45) is 0. The van der Waals surface area contributed by atoms with Crippen molar-refractivity contribution in [2.24, 2.45) is 5.10 Å². The minimum atomic E-state index is -0.430. The lowest BCUT2D eigenvalue weighted by Crippen LogP contribution is -2.26. The molecule has 2 aromatic carbocycles. The van der Waals surface area contributed by atoms with Gasteiger partial charge in [-0.1, -0.05) is 36.4 Å². The van der Waals surface area contributed by atoms with Crippen molar-refractivity contribution in [1.82, 2.24) is 5.43 Å². The first kappa shape index (κ1) is 17.8. The van der Waals surface area contributed by atoms with E-state index in [1.807, 2.05) is 50.2 Å². The van der Waals surface area contributed by atoms with Crippen molar-refractivity contribution in [2.45, 2.75) is 20.8 Å². The Morgan fingerprint density at radius 3 is 2.50 bits per heavy atom. The molecule has 1 aromatic heterocycles. The average Bonchev–Trinajstić information content (AvgIpc) is 2.62. The first-order chi connectivity index (χ1) is 12.5. The van der Waals surface area contributed by atoms with Crippen LogP contribution in [0.4, 0.5) is 5.69 Å². The Morgan fingerprint density at radius 2 is 1.77 bits per heavy atom. The number of aryl methyl sites for hydroxylation is 2. The molecule has 0 spiro atoms. The Morgan fingerprint density at radius 1 is 1.08 bits per heavy atom. The molecule has 3 rings (SSSR count). The second-order valence-corrected chi connectivity index (χ2v) is 6.42. The van der Waals surface area contributed by atoms with Crippen molar-refractivity contribution in [2.75, 3.05) is 5.32 Å². The number of para-hydroxylation sites is 2. The Hall–Kier alpha value is -2.99. The van der Waals surface area contributed by atoms with Crippen LogP contribution in [0, 0.1) is 13.8 Å². The number of nitrogens with one attached hydrogen (secondary N) is 2. The highest BCUT2D eigenvalue weighted by molar-refractivity contribution is 7.80. The van der Waals surface area contributed by atoms with Gasteiger partial charge in [-0.3, -0.25) is 5.43 Å². The molecule has 3 aromatic rings. The number of rotatable bonds is 3. The summed E-state index contributed by atoms with van der Waals surface area (Å²) >= 11 is 5.30. The summed E-state index contributed by atoms with van der Waals surface area (Å²) in [6.45, 7) is 5.75. The van der Waals surface area contributed by atoms with Crippen molar-refractivity contribution >= 4 is 39.7 Å². The van der Waals surface area contributed by atoms with E-state index in [1.54, 1.807) is 19.1 Å². The van der Waals surface area contributed by atoms with Crippen LogP contribution in [0.2, 0.25) is 0 Å². The zero-order valence-electron chi connectivity index (χ0n) is 14.8. The lowest BCUT2D eigenvalue weighted by Gasteiger charge is -2.13. The first-order valence-electron chi connectivity index (χ1n) is 8.16. The second kappa shape index (κ2) is 7.49. The van der Waals surface area contributed by atoms with Gasteiger partial charge >= 0.3 is 5.63 Å². The van der Waals surface area contributed by atoms with Gasteiger partial charge in [0, 0.05) is 11.1 Å².